The first-order valence-electron chi connectivity index (χ1n) is 6.68. The molecule has 0 unspecified atom stereocenters. The van der Waals surface area contributed by atoms with E-state index in [0.717, 1.165) is 31.2 Å². The van der Waals surface area contributed by atoms with Crippen molar-refractivity contribution in [2.45, 2.75) is 31.6 Å². The van der Waals surface area contributed by atoms with Gasteiger partial charge in [0.15, 0.2) is 0 Å². The van der Waals surface area contributed by atoms with Crippen molar-refractivity contribution < 1.29 is 10.0 Å². The van der Waals surface area contributed by atoms with Crippen LogP contribution in [0.5, 0.6) is 0 Å². The van der Waals surface area contributed by atoms with Gasteiger partial charge in [-0.3, -0.25) is 10.1 Å². The third kappa shape index (κ3) is 2.62. The van der Waals surface area contributed by atoms with E-state index in [0.29, 0.717) is 6.54 Å². The zero-order chi connectivity index (χ0) is 13.9. The molecule has 1 fully saturated rings. The van der Waals surface area contributed by atoms with Crippen molar-refractivity contribution >= 4 is 5.69 Å². The zero-order valence-electron chi connectivity index (χ0n) is 10.9. The summed E-state index contributed by atoms with van der Waals surface area (Å²) in [6.07, 6.45) is 4.18. The van der Waals surface area contributed by atoms with E-state index in [-0.39, 0.29) is 23.6 Å². The topological polar surface area (TPSA) is 89.4 Å². The first kappa shape index (κ1) is 14.0. The first-order valence-corrected chi connectivity index (χ1v) is 6.68. The number of non-ortho nitro benzene ring substituents is 1. The van der Waals surface area contributed by atoms with E-state index in [9.17, 15) is 15.2 Å². The second kappa shape index (κ2) is 5.67. The van der Waals surface area contributed by atoms with Crippen molar-refractivity contribution in [2.24, 2.45) is 11.1 Å². The van der Waals surface area contributed by atoms with Crippen molar-refractivity contribution in [3.05, 3.63) is 39.9 Å². The van der Waals surface area contributed by atoms with E-state index in [1.54, 1.807) is 12.1 Å². The Kier molecular flexibility index (Phi) is 4.17. The molecule has 0 aromatic heterocycles. The number of nitro groups is 1. The molecular weight excluding hydrogens is 244 g/mol. The number of nitrogens with two attached hydrogens (primary N) is 1. The number of benzene rings is 1. The lowest BCUT2D eigenvalue weighted by Gasteiger charge is -2.35. The monoisotopic (exact) mass is 264 g/mol. The molecule has 104 valence electrons. The van der Waals surface area contributed by atoms with E-state index in [2.05, 4.69) is 0 Å². The number of nitro benzene ring substituents is 1. The summed E-state index contributed by atoms with van der Waals surface area (Å²) in [5.74, 6) is 0.0702. The van der Waals surface area contributed by atoms with Crippen LogP contribution in [0.1, 0.15) is 37.2 Å². The van der Waals surface area contributed by atoms with E-state index in [4.69, 9.17) is 5.73 Å². The number of nitrogens with zero attached hydrogens (tertiary/aromatic N) is 1. The molecule has 1 aromatic carbocycles. The van der Waals surface area contributed by atoms with Gasteiger partial charge in [0.1, 0.15) is 0 Å². The largest absolute Gasteiger partial charge is 0.396 e. The zero-order valence-corrected chi connectivity index (χ0v) is 10.9. The number of rotatable bonds is 5. The van der Waals surface area contributed by atoms with E-state index in [1.165, 1.54) is 12.1 Å². The molecule has 5 nitrogen and oxygen atoms in total. The van der Waals surface area contributed by atoms with Gasteiger partial charge >= 0.3 is 0 Å². The molecule has 3 N–H and O–H groups in total. The van der Waals surface area contributed by atoms with Gasteiger partial charge in [0.05, 0.1) is 4.92 Å². The van der Waals surface area contributed by atoms with Crippen LogP contribution in [0.25, 0.3) is 0 Å². The summed E-state index contributed by atoms with van der Waals surface area (Å²) >= 11 is 0. The second-order valence-electron chi connectivity index (χ2n) is 5.36. The molecule has 0 radical (unpaired) electrons. The van der Waals surface area contributed by atoms with E-state index < -0.39 is 4.92 Å². The SMILES string of the molecule is NC[C@@H](c1ccc([N+](=O)[O-])cc1)C1(CO)CCCC1. The van der Waals surface area contributed by atoms with Crippen molar-refractivity contribution in [3.63, 3.8) is 0 Å². The van der Waals surface area contributed by atoms with Crippen LogP contribution in [-0.4, -0.2) is 23.2 Å². The molecule has 0 spiro atoms. The lowest BCUT2D eigenvalue weighted by molar-refractivity contribution is -0.384. The fourth-order valence-corrected chi connectivity index (χ4v) is 3.26. The summed E-state index contributed by atoms with van der Waals surface area (Å²) in [5.41, 5.74) is 6.83. The molecule has 1 saturated carbocycles. The Morgan fingerprint density at radius 1 is 1.32 bits per heavy atom. The van der Waals surface area contributed by atoms with E-state index >= 15 is 0 Å². The highest BCUT2D eigenvalue weighted by Gasteiger charge is 2.40. The molecule has 1 aliphatic carbocycles. The maximum Gasteiger partial charge on any atom is 0.269 e. The Morgan fingerprint density at radius 3 is 2.32 bits per heavy atom. The van der Waals surface area contributed by atoms with Gasteiger partial charge in [-0.15, -0.1) is 0 Å². The lowest BCUT2D eigenvalue weighted by Crippen LogP contribution is -2.34. The molecule has 2 rings (SSSR count). The maximum absolute atomic E-state index is 10.7. The molecule has 0 amide bonds. The minimum absolute atomic E-state index is 0.0702. The van der Waals surface area contributed by atoms with Crippen LogP contribution in [0.2, 0.25) is 0 Å². The van der Waals surface area contributed by atoms with Gasteiger partial charge in [0.25, 0.3) is 5.69 Å². The molecule has 19 heavy (non-hydrogen) atoms. The molecule has 1 atom stereocenters. The lowest BCUT2D eigenvalue weighted by atomic mass is 9.71. The van der Waals surface area contributed by atoms with Crippen LogP contribution >= 0.6 is 0 Å². The maximum atomic E-state index is 10.7. The summed E-state index contributed by atoms with van der Waals surface area (Å²) in [6.45, 7) is 0.588. The third-order valence-electron chi connectivity index (χ3n) is 4.40. The highest BCUT2D eigenvalue weighted by Crippen LogP contribution is 2.48. The van der Waals surface area contributed by atoms with Crippen LogP contribution in [0.15, 0.2) is 24.3 Å². The Bertz CT molecular complexity index is 439. The van der Waals surface area contributed by atoms with Crippen LogP contribution in [0.3, 0.4) is 0 Å². The quantitative estimate of drug-likeness (QED) is 0.630. The van der Waals surface area contributed by atoms with Crippen LogP contribution < -0.4 is 5.73 Å². The minimum Gasteiger partial charge on any atom is -0.396 e. The van der Waals surface area contributed by atoms with Gasteiger partial charge in [-0.05, 0) is 24.9 Å². The fraction of sp³-hybridized carbons (Fsp3) is 0.571. The number of hydrogen-bond acceptors (Lipinski definition) is 4. The molecule has 1 aromatic rings. The summed E-state index contributed by atoms with van der Waals surface area (Å²) in [6, 6.07) is 6.56. The molecular formula is C14H20N2O3. The highest BCUT2D eigenvalue weighted by molar-refractivity contribution is 5.35. The molecule has 1 aliphatic rings. The minimum atomic E-state index is -0.404. The average molecular weight is 264 g/mol. The van der Waals surface area contributed by atoms with Crippen molar-refractivity contribution in [1.82, 2.24) is 0 Å². The van der Waals surface area contributed by atoms with Gasteiger partial charge in [-0.2, -0.15) is 0 Å². The smallest absolute Gasteiger partial charge is 0.269 e. The summed E-state index contributed by atoms with van der Waals surface area (Å²) < 4.78 is 0. The first-order chi connectivity index (χ1) is 9.13. The van der Waals surface area contributed by atoms with Crippen molar-refractivity contribution in [3.8, 4) is 0 Å². The number of aliphatic hydroxyl groups is 1. The van der Waals surface area contributed by atoms with Gasteiger partial charge in [-0.25, -0.2) is 0 Å². The van der Waals surface area contributed by atoms with Gasteiger partial charge in [0.2, 0.25) is 0 Å². The summed E-state index contributed by atoms with van der Waals surface area (Å²) in [5, 5.41) is 20.4. The molecule has 0 saturated heterocycles. The van der Waals surface area contributed by atoms with Gasteiger partial charge in [-0.1, -0.05) is 25.0 Å². The molecule has 0 aliphatic heterocycles. The van der Waals surface area contributed by atoms with Gasteiger partial charge in [0, 0.05) is 30.1 Å². The van der Waals surface area contributed by atoms with Crippen molar-refractivity contribution in [1.29, 1.82) is 0 Å². The highest BCUT2D eigenvalue weighted by atomic mass is 16.6. The van der Waals surface area contributed by atoms with E-state index in [1.807, 2.05) is 0 Å². The summed E-state index contributed by atoms with van der Waals surface area (Å²) in [4.78, 5) is 10.3. The van der Waals surface area contributed by atoms with Crippen LogP contribution in [-0.2, 0) is 0 Å². The standard InChI is InChI=1S/C14H20N2O3/c15-9-13(14(10-17)7-1-2-8-14)11-3-5-12(6-4-11)16(18)19/h3-6,13,17H,1-2,7-10,15H2/t13-/m0/s1. The van der Waals surface area contributed by atoms with Gasteiger partial charge < -0.3 is 10.8 Å². The normalized spacial score (nSPS) is 19.3. The Labute approximate surface area is 112 Å². The van der Waals surface area contributed by atoms with Crippen LogP contribution in [0, 0.1) is 15.5 Å². The average Bonchev–Trinajstić information content (AvgIpc) is 2.90. The fourth-order valence-electron chi connectivity index (χ4n) is 3.26. The predicted molar refractivity (Wildman–Crippen MR) is 72.9 cm³/mol. The van der Waals surface area contributed by atoms with Crippen LogP contribution in [0.4, 0.5) is 5.69 Å². The third-order valence-corrected chi connectivity index (χ3v) is 4.40. The Morgan fingerprint density at radius 2 is 1.89 bits per heavy atom. The molecule has 0 bridgehead atoms. The number of hydrogen-bond donors (Lipinski definition) is 2. The second-order valence-corrected chi connectivity index (χ2v) is 5.36. The molecule has 0 heterocycles. The number of aliphatic hydroxyl groups excluding tert-OH is 1. The molecule has 5 heteroatoms. The van der Waals surface area contributed by atoms with Crippen molar-refractivity contribution in [2.75, 3.05) is 13.2 Å². The summed E-state index contributed by atoms with van der Waals surface area (Å²) in [7, 11) is 0. The Hall–Kier alpha value is -1.46. The predicted octanol–water partition coefficient (Wildman–Crippen LogP) is 2.19. The Balaban J connectivity index is 2.28.